The van der Waals surface area contributed by atoms with Crippen LogP contribution in [-0.4, -0.2) is 15.0 Å². The lowest BCUT2D eigenvalue weighted by molar-refractivity contribution is 0.669. The number of aromatic nitrogens is 3. The van der Waals surface area contributed by atoms with Crippen LogP contribution in [0.2, 0.25) is 0 Å². The van der Waals surface area contributed by atoms with E-state index >= 15 is 0 Å². The normalized spacial score (nSPS) is 15.0. The van der Waals surface area contributed by atoms with Crippen molar-refractivity contribution < 1.29 is 18.1 Å². The fraction of sp³-hybridized carbons (Fsp3) is 0. The Kier molecular flexibility index (Phi) is 3.18. The zero-order chi connectivity index (χ0) is 33.3. The fourth-order valence-electron chi connectivity index (χ4n) is 4.27. The van der Waals surface area contributed by atoms with Crippen molar-refractivity contribution >= 4 is 21.9 Å². The van der Waals surface area contributed by atoms with Gasteiger partial charge in [0.05, 0.1) is 13.7 Å². The van der Waals surface area contributed by atoms with Gasteiger partial charge in [-0.2, -0.15) is 0 Å². The number of hydrogen-bond donors (Lipinski definition) is 0. The molecule has 5 aromatic carbocycles. The van der Waals surface area contributed by atoms with Crippen molar-refractivity contribution in [1.82, 2.24) is 15.0 Å². The molecular formula is C33H21N3O. The van der Waals surface area contributed by atoms with E-state index in [0.29, 0.717) is 22.1 Å². The van der Waals surface area contributed by atoms with E-state index in [1.165, 1.54) is 0 Å². The molecule has 0 saturated heterocycles. The van der Waals surface area contributed by atoms with Gasteiger partial charge in [0.2, 0.25) is 0 Å². The molecule has 0 spiro atoms. The Labute approximate surface area is 228 Å². The standard InChI is InChI=1S/C33H21N3O/c1-4-11-22(12-5-1)25-19-20-28-27(21-25)30-26(17-10-18-29(30)37-28)33-35-31(23-13-6-2-7-14-23)34-32(36-33)24-15-8-3-9-16-24/h1-21H/i2D,3D,6D,7D,8D,9D,13D,14D,15D,16D. The molecule has 174 valence electrons. The highest BCUT2D eigenvalue weighted by Gasteiger charge is 2.18. The second-order valence-corrected chi connectivity index (χ2v) is 8.16. The van der Waals surface area contributed by atoms with Crippen molar-refractivity contribution in [2.45, 2.75) is 0 Å². The van der Waals surface area contributed by atoms with Crippen LogP contribution in [-0.2, 0) is 0 Å². The molecule has 2 aromatic heterocycles. The summed E-state index contributed by atoms with van der Waals surface area (Å²) < 4.78 is 89.4. The highest BCUT2D eigenvalue weighted by atomic mass is 16.3. The van der Waals surface area contributed by atoms with E-state index in [4.69, 9.17) is 18.1 Å². The molecule has 0 unspecified atom stereocenters. The van der Waals surface area contributed by atoms with Gasteiger partial charge in [-0.25, -0.2) is 15.0 Å². The van der Waals surface area contributed by atoms with Crippen LogP contribution in [0.25, 0.3) is 67.2 Å². The van der Waals surface area contributed by atoms with Gasteiger partial charge >= 0.3 is 0 Å². The molecule has 4 heteroatoms. The van der Waals surface area contributed by atoms with Crippen molar-refractivity contribution in [3.8, 4) is 45.3 Å². The van der Waals surface area contributed by atoms with Gasteiger partial charge in [0.15, 0.2) is 17.5 Å². The average Bonchev–Trinajstić information content (AvgIpc) is 3.47. The second kappa shape index (κ2) is 8.85. The first-order valence-electron chi connectivity index (χ1n) is 16.4. The van der Waals surface area contributed by atoms with Gasteiger partial charge in [0, 0.05) is 27.5 Å². The summed E-state index contributed by atoms with van der Waals surface area (Å²) in [4.78, 5) is 13.5. The first-order chi connectivity index (χ1) is 22.5. The van der Waals surface area contributed by atoms with Crippen LogP contribution in [0.4, 0.5) is 0 Å². The molecule has 0 N–H and O–H groups in total. The van der Waals surface area contributed by atoms with Crippen LogP contribution in [0.3, 0.4) is 0 Å². The van der Waals surface area contributed by atoms with Crippen LogP contribution in [0.15, 0.2) is 132 Å². The van der Waals surface area contributed by atoms with Gasteiger partial charge in [-0.3, -0.25) is 0 Å². The summed E-state index contributed by atoms with van der Waals surface area (Å²) in [6, 6.07) is 14.8. The molecule has 0 aliphatic rings. The maximum Gasteiger partial charge on any atom is 0.164 e. The van der Waals surface area contributed by atoms with Gasteiger partial charge in [-0.15, -0.1) is 0 Å². The van der Waals surface area contributed by atoms with Crippen LogP contribution in [0, 0.1) is 0 Å². The van der Waals surface area contributed by atoms with E-state index in [9.17, 15) is 0 Å². The molecule has 7 aromatic rings. The molecule has 37 heavy (non-hydrogen) atoms. The quantitative estimate of drug-likeness (QED) is 0.251. The molecule has 0 amide bonds. The SMILES string of the molecule is [2H]c1c([2H])c([2H])c(-c2nc(-c3c([2H])c([2H])c([2H])c([2H])c3[2H])nc(-c3cccc4oc5ccc(-c6ccccc6)cc5c34)n2)c([2H])c1[2H]. The monoisotopic (exact) mass is 485 g/mol. The Morgan fingerprint density at radius 2 is 1.16 bits per heavy atom. The predicted molar refractivity (Wildman–Crippen MR) is 149 cm³/mol. The molecule has 2 heterocycles. The van der Waals surface area contributed by atoms with Gasteiger partial charge < -0.3 is 4.42 Å². The summed E-state index contributed by atoms with van der Waals surface area (Å²) in [5.41, 5.74) is 2.75. The van der Waals surface area contributed by atoms with Crippen molar-refractivity contribution in [3.05, 3.63) is 127 Å². The predicted octanol–water partition coefficient (Wildman–Crippen LogP) is 8.44. The maximum atomic E-state index is 8.58. The summed E-state index contributed by atoms with van der Waals surface area (Å²) >= 11 is 0. The largest absolute Gasteiger partial charge is 0.456 e. The number of rotatable bonds is 4. The highest BCUT2D eigenvalue weighted by molar-refractivity contribution is 6.12. The lowest BCUT2D eigenvalue weighted by Crippen LogP contribution is -2.00. The Morgan fingerprint density at radius 3 is 1.84 bits per heavy atom. The molecule has 0 bridgehead atoms. The first kappa shape index (κ1) is 13.3. The number of benzene rings is 5. The second-order valence-electron chi connectivity index (χ2n) is 8.16. The van der Waals surface area contributed by atoms with Gasteiger partial charge in [-0.05, 0) is 29.3 Å². The summed E-state index contributed by atoms with van der Waals surface area (Å²) in [7, 11) is 0. The molecule has 0 fully saturated rings. The van der Waals surface area contributed by atoms with Crippen LogP contribution in [0.1, 0.15) is 13.7 Å². The summed E-state index contributed by atoms with van der Waals surface area (Å²) in [5.74, 6) is -0.686. The van der Waals surface area contributed by atoms with E-state index in [2.05, 4.69) is 15.0 Å². The van der Waals surface area contributed by atoms with Gasteiger partial charge in [-0.1, -0.05) is 109 Å². The third-order valence-electron chi connectivity index (χ3n) is 5.93. The summed E-state index contributed by atoms with van der Waals surface area (Å²) in [6.45, 7) is 0. The Hall–Kier alpha value is -5.09. The Balaban J connectivity index is 1.58. The summed E-state index contributed by atoms with van der Waals surface area (Å²) in [6.07, 6.45) is 0. The topological polar surface area (TPSA) is 51.8 Å². The minimum atomic E-state index is -0.608. The molecular weight excluding hydrogens is 454 g/mol. The molecule has 0 aliphatic heterocycles. The lowest BCUT2D eigenvalue weighted by atomic mass is 10.0. The maximum absolute atomic E-state index is 8.58. The molecule has 0 aliphatic carbocycles. The van der Waals surface area contributed by atoms with E-state index < -0.39 is 60.4 Å². The van der Waals surface area contributed by atoms with Gasteiger partial charge in [0.1, 0.15) is 11.2 Å². The molecule has 0 atom stereocenters. The van der Waals surface area contributed by atoms with E-state index in [-0.39, 0.29) is 28.6 Å². The third-order valence-corrected chi connectivity index (χ3v) is 5.93. The number of nitrogens with zero attached hydrogens (tertiary/aromatic N) is 3. The van der Waals surface area contributed by atoms with Crippen LogP contribution < -0.4 is 0 Å². The average molecular weight is 486 g/mol. The molecule has 4 nitrogen and oxygen atoms in total. The fourth-order valence-corrected chi connectivity index (χ4v) is 4.27. The van der Waals surface area contributed by atoms with Gasteiger partial charge in [0.25, 0.3) is 0 Å². The van der Waals surface area contributed by atoms with Crippen LogP contribution in [0.5, 0.6) is 0 Å². The lowest BCUT2D eigenvalue weighted by Gasteiger charge is -2.09. The number of furan rings is 1. The zero-order valence-electron chi connectivity index (χ0n) is 29.1. The molecule has 0 radical (unpaired) electrons. The number of fused-ring (bicyclic) bond motifs is 3. The minimum absolute atomic E-state index is 0.0259. The highest BCUT2D eigenvalue weighted by Crippen LogP contribution is 2.38. The Bertz CT molecular complexity index is 2280. The first-order valence-corrected chi connectivity index (χ1v) is 11.4. The summed E-state index contributed by atoms with van der Waals surface area (Å²) in [5, 5.41) is 1.34. The smallest absolute Gasteiger partial charge is 0.164 e. The van der Waals surface area contributed by atoms with Crippen molar-refractivity contribution in [3.63, 3.8) is 0 Å². The minimum Gasteiger partial charge on any atom is -0.456 e. The van der Waals surface area contributed by atoms with Crippen molar-refractivity contribution in [2.75, 3.05) is 0 Å². The van der Waals surface area contributed by atoms with Crippen molar-refractivity contribution in [2.24, 2.45) is 0 Å². The van der Waals surface area contributed by atoms with Crippen LogP contribution >= 0.6 is 0 Å². The molecule has 7 rings (SSSR count). The van der Waals surface area contributed by atoms with E-state index in [0.717, 1.165) is 16.5 Å². The van der Waals surface area contributed by atoms with Crippen molar-refractivity contribution in [1.29, 1.82) is 0 Å². The van der Waals surface area contributed by atoms with E-state index in [1.54, 1.807) is 18.2 Å². The van der Waals surface area contributed by atoms with E-state index in [1.807, 2.05) is 48.5 Å². The molecule has 0 saturated carbocycles. The zero-order valence-corrected chi connectivity index (χ0v) is 19.1. The number of hydrogen-bond acceptors (Lipinski definition) is 4. The Morgan fingerprint density at radius 1 is 0.514 bits per heavy atom. The third kappa shape index (κ3) is 3.85.